The molecule has 0 spiro atoms. The van der Waals surface area contributed by atoms with Crippen LogP contribution in [0.2, 0.25) is 5.02 Å². The van der Waals surface area contributed by atoms with Crippen molar-refractivity contribution in [1.29, 1.82) is 0 Å². The Balaban J connectivity index is 1.72. The molecule has 1 amide bonds. The lowest BCUT2D eigenvalue weighted by Crippen LogP contribution is -2.19. The van der Waals surface area contributed by atoms with Crippen LogP contribution in [0.15, 0.2) is 24.5 Å². The van der Waals surface area contributed by atoms with Gasteiger partial charge in [0, 0.05) is 5.10 Å². The molecule has 0 atom stereocenters. The van der Waals surface area contributed by atoms with Crippen LogP contribution < -0.4 is 5.32 Å². The van der Waals surface area contributed by atoms with Gasteiger partial charge in [0.15, 0.2) is 5.13 Å². The van der Waals surface area contributed by atoms with Crippen molar-refractivity contribution in [3.63, 3.8) is 0 Å². The van der Waals surface area contributed by atoms with Crippen molar-refractivity contribution in [2.45, 2.75) is 6.54 Å². The number of rotatable bonds is 4. The maximum Gasteiger partial charge on any atom is 0.490 e. The van der Waals surface area contributed by atoms with Crippen LogP contribution in [0.3, 0.4) is 0 Å². The minimum atomic E-state index is -0.732. The van der Waals surface area contributed by atoms with E-state index in [1.165, 1.54) is 11.3 Å². The lowest BCUT2D eigenvalue weighted by molar-refractivity contribution is -0.394. The summed E-state index contributed by atoms with van der Waals surface area (Å²) in [5.41, 5.74) is 0.612. The molecule has 0 bridgehead atoms. The maximum absolute atomic E-state index is 11.9. The van der Waals surface area contributed by atoms with Crippen molar-refractivity contribution >= 4 is 50.1 Å². The zero-order valence-electron chi connectivity index (χ0n) is 10.8. The van der Waals surface area contributed by atoms with E-state index in [0.29, 0.717) is 15.7 Å². The number of nitrogens with zero attached hydrogens (tertiary/aromatic N) is 5. The van der Waals surface area contributed by atoms with Crippen LogP contribution >= 0.6 is 22.9 Å². The van der Waals surface area contributed by atoms with Gasteiger partial charge in [-0.1, -0.05) is 34.0 Å². The van der Waals surface area contributed by atoms with Crippen LogP contribution in [0.4, 0.5) is 11.1 Å². The average molecular weight is 339 g/mol. The quantitative estimate of drug-likeness (QED) is 0.575. The fourth-order valence-electron chi connectivity index (χ4n) is 1.72. The number of para-hydroxylation sites is 1. The molecule has 0 unspecified atom stereocenters. The van der Waals surface area contributed by atoms with Gasteiger partial charge in [-0.15, -0.1) is 0 Å². The van der Waals surface area contributed by atoms with Crippen LogP contribution in [0, 0.1) is 10.1 Å². The molecule has 0 aliphatic carbocycles. The third-order valence-electron chi connectivity index (χ3n) is 2.61. The Morgan fingerprint density at radius 2 is 2.32 bits per heavy atom. The van der Waals surface area contributed by atoms with E-state index < -0.39 is 16.8 Å². The standard InChI is InChI=1S/C11H7ClN6O3S/c12-6-2-1-3-7-9(6)15-11(22-7)14-8(19)4-17-5-13-10(16-17)18(20)21/h1-3,5H,4H2,(H,14,15,19). The predicted molar refractivity (Wildman–Crippen MR) is 79.9 cm³/mol. The van der Waals surface area contributed by atoms with Crippen molar-refractivity contribution in [3.05, 3.63) is 39.7 Å². The number of amides is 1. The summed E-state index contributed by atoms with van der Waals surface area (Å²) < 4.78 is 1.92. The highest BCUT2D eigenvalue weighted by atomic mass is 35.5. The molecular formula is C11H7ClN6O3S. The molecule has 0 aliphatic rings. The zero-order valence-corrected chi connectivity index (χ0v) is 12.3. The van der Waals surface area contributed by atoms with Gasteiger partial charge in [-0.05, 0) is 17.1 Å². The zero-order chi connectivity index (χ0) is 15.7. The largest absolute Gasteiger partial charge is 0.490 e. The first kappa shape index (κ1) is 14.4. The fourth-order valence-corrected chi connectivity index (χ4v) is 2.90. The molecule has 0 saturated heterocycles. The van der Waals surface area contributed by atoms with Crippen LogP contribution in [0.5, 0.6) is 0 Å². The van der Waals surface area contributed by atoms with Crippen LogP contribution in [-0.2, 0) is 11.3 Å². The smallest absolute Gasteiger partial charge is 0.390 e. The molecular weight excluding hydrogens is 332 g/mol. The number of anilines is 1. The number of hydrogen-bond acceptors (Lipinski definition) is 7. The number of nitro groups is 1. The first-order valence-electron chi connectivity index (χ1n) is 5.91. The lowest BCUT2D eigenvalue weighted by Gasteiger charge is -1.98. The first-order valence-corrected chi connectivity index (χ1v) is 7.11. The van der Waals surface area contributed by atoms with Gasteiger partial charge in [0.1, 0.15) is 12.1 Å². The Morgan fingerprint density at radius 3 is 3.00 bits per heavy atom. The van der Waals surface area contributed by atoms with Crippen LogP contribution in [0.1, 0.15) is 0 Å². The van der Waals surface area contributed by atoms with Crippen LogP contribution in [0.25, 0.3) is 10.2 Å². The predicted octanol–water partition coefficient (Wildman–Crippen LogP) is 2.09. The Morgan fingerprint density at radius 1 is 1.50 bits per heavy atom. The first-order chi connectivity index (χ1) is 10.5. The molecule has 1 aromatic carbocycles. The van der Waals surface area contributed by atoms with Gasteiger partial charge in [0.25, 0.3) is 0 Å². The van der Waals surface area contributed by atoms with Gasteiger partial charge in [-0.2, -0.15) is 4.68 Å². The normalized spacial score (nSPS) is 10.8. The van der Waals surface area contributed by atoms with Gasteiger partial charge >= 0.3 is 5.95 Å². The van der Waals surface area contributed by atoms with Gasteiger partial charge in [-0.3, -0.25) is 4.79 Å². The molecule has 22 heavy (non-hydrogen) atoms. The average Bonchev–Trinajstić information content (AvgIpc) is 3.06. The number of fused-ring (bicyclic) bond motifs is 1. The van der Waals surface area contributed by atoms with E-state index >= 15 is 0 Å². The second-order valence-electron chi connectivity index (χ2n) is 4.15. The van der Waals surface area contributed by atoms with Crippen molar-refractivity contribution < 1.29 is 9.72 Å². The van der Waals surface area contributed by atoms with E-state index in [1.807, 2.05) is 6.07 Å². The molecule has 0 saturated carbocycles. The summed E-state index contributed by atoms with van der Waals surface area (Å²) in [5, 5.41) is 17.5. The molecule has 0 fully saturated rings. The number of carbonyl (C=O) groups excluding carboxylic acids is 1. The fraction of sp³-hybridized carbons (Fsp3) is 0.0909. The molecule has 3 rings (SSSR count). The number of hydrogen-bond donors (Lipinski definition) is 1. The maximum atomic E-state index is 11.9. The van der Waals surface area contributed by atoms with Gasteiger partial charge in [-0.25, -0.2) is 4.98 Å². The SMILES string of the molecule is O=C(Cn1cnc([N+](=O)[O-])n1)Nc1nc2c(Cl)cccc2s1. The van der Waals surface area contributed by atoms with E-state index in [1.54, 1.807) is 12.1 Å². The molecule has 2 aromatic heterocycles. The minimum absolute atomic E-state index is 0.204. The van der Waals surface area contributed by atoms with Crippen molar-refractivity contribution in [1.82, 2.24) is 19.7 Å². The Kier molecular flexibility index (Phi) is 3.69. The highest BCUT2D eigenvalue weighted by Crippen LogP contribution is 2.30. The van der Waals surface area contributed by atoms with Crippen molar-refractivity contribution in [2.75, 3.05) is 5.32 Å². The molecule has 9 nitrogen and oxygen atoms in total. The second kappa shape index (κ2) is 5.66. The second-order valence-corrected chi connectivity index (χ2v) is 5.59. The lowest BCUT2D eigenvalue weighted by atomic mass is 10.3. The van der Waals surface area contributed by atoms with Crippen LogP contribution in [-0.4, -0.2) is 30.6 Å². The summed E-state index contributed by atoms with van der Waals surface area (Å²) >= 11 is 7.29. The van der Waals surface area contributed by atoms with Crippen molar-refractivity contribution in [2.24, 2.45) is 0 Å². The third-order valence-corrected chi connectivity index (χ3v) is 3.85. The number of nitrogens with one attached hydrogen (secondary N) is 1. The molecule has 2 heterocycles. The molecule has 112 valence electrons. The van der Waals surface area contributed by atoms with E-state index in [0.717, 1.165) is 15.7 Å². The molecule has 0 radical (unpaired) electrons. The Labute approximate surface area is 131 Å². The third kappa shape index (κ3) is 2.87. The van der Waals surface area contributed by atoms with Gasteiger partial charge in [0.05, 0.1) is 9.72 Å². The Hall–Kier alpha value is -2.59. The summed E-state index contributed by atoms with van der Waals surface area (Å²) in [5.74, 6) is -0.977. The summed E-state index contributed by atoms with van der Waals surface area (Å²) in [7, 11) is 0. The molecule has 11 heteroatoms. The Bertz CT molecular complexity index is 876. The van der Waals surface area contributed by atoms with E-state index in [4.69, 9.17) is 11.6 Å². The summed E-state index contributed by atoms with van der Waals surface area (Å²) in [6.07, 6.45) is 1.12. The number of benzene rings is 1. The summed E-state index contributed by atoms with van der Waals surface area (Å²) in [4.78, 5) is 29.3. The summed E-state index contributed by atoms with van der Waals surface area (Å²) in [6.45, 7) is -0.204. The molecule has 3 aromatic rings. The van der Waals surface area contributed by atoms with E-state index in [9.17, 15) is 14.9 Å². The summed E-state index contributed by atoms with van der Waals surface area (Å²) in [6, 6.07) is 5.35. The molecule has 1 N–H and O–H groups in total. The topological polar surface area (TPSA) is 116 Å². The van der Waals surface area contributed by atoms with E-state index in [2.05, 4.69) is 20.4 Å². The highest BCUT2D eigenvalue weighted by Gasteiger charge is 2.16. The highest BCUT2D eigenvalue weighted by molar-refractivity contribution is 7.22. The number of thiazole rings is 1. The molecule has 0 aliphatic heterocycles. The van der Waals surface area contributed by atoms with Gasteiger partial charge < -0.3 is 15.4 Å². The minimum Gasteiger partial charge on any atom is -0.390 e. The monoisotopic (exact) mass is 338 g/mol. The number of carbonyl (C=O) groups is 1. The van der Waals surface area contributed by atoms with E-state index in [-0.39, 0.29) is 6.54 Å². The number of aromatic nitrogens is 4. The number of halogens is 1. The van der Waals surface area contributed by atoms with Gasteiger partial charge in [0.2, 0.25) is 12.2 Å². The van der Waals surface area contributed by atoms with Crippen molar-refractivity contribution in [3.8, 4) is 0 Å².